The largest absolute Gasteiger partial charge is 0.417 e. The van der Waals surface area contributed by atoms with Gasteiger partial charge in [0, 0.05) is 5.69 Å². The zero-order chi connectivity index (χ0) is 18.6. The van der Waals surface area contributed by atoms with Gasteiger partial charge >= 0.3 is 6.18 Å². The molecule has 0 aliphatic heterocycles. The molecule has 2 rings (SSSR count). The number of alkyl halides is 3. The number of hydrogen-bond acceptors (Lipinski definition) is 6. The third-order valence-electron chi connectivity index (χ3n) is 3.07. The third-order valence-corrected chi connectivity index (χ3v) is 3.39. The molecule has 0 atom stereocenters. The van der Waals surface area contributed by atoms with Crippen LogP contribution in [0.25, 0.3) is 0 Å². The topological polar surface area (TPSA) is 97.3 Å². The van der Waals surface area contributed by atoms with Crippen LogP contribution in [0.5, 0.6) is 0 Å². The molecule has 1 aromatic heterocycles. The first-order chi connectivity index (χ1) is 11.7. The van der Waals surface area contributed by atoms with Crippen LogP contribution in [0.3, 0.4) is 0 Å². The van der Waals surface area contributed by atoms with Crippen LogP contribution in [0.15, 0.2) is 22.7 Å². The maximum absolute atomic E-state index is 12.8. The van der Waals surface area contributed by atoms with E-state index >= 15 is 0 Å². The highest BCUT2D eigenvalue weighted by molar-refractivity contribution is 6.31. The molecule has 11 heteroatoms. The molecule has 1 heterocycles. The molecule has 1 aromatic carbocycles. The molecule has 0 fully saturated rings. The van der Waals surface area contributed by atoms with Crippen molar-refractivity contribution >= 4 is 23.2 Å². The molecular weight excluding hydrogens is 363 g/mol. The van der Waals surface area contributed by atoms with Crippen LogP contribution >= 0.6 is 11.6 Å². The van der Waals surface area contributed by atoms with Crippen LogP contribution in [-0.2, 0) is 24.1 Å². The summed E-state index contributed by atoms with van der Waals surface area (Å²) in [5.74, 6) is 0.121. The average Bonchev–Trinajstić information content (AvgIpc) is 2.95. The van der Waals surface area contributed by atoms with E-state index < -0.39 is 22.7 Å². The fourth-order valence-corrected chi connectivity index (χ4v) is 2.23. The van der Waals surface area contributed by atoms with Crippen LogP contribution in [0.4, 0.5) is 18.9 Å². The maximum Gasteiger partial charge on any atom is 0.417 e. The maximum atomic E-state index is 12.8. The first-order valence-electron chi connectivity index (χ1n) is 7.05. The van der Waals surface area contributed by atoms with Gasteiger partial charge in [-0.15, -0.1) is 0 Å². The SMILES string of the molecule is CN(CC(=O)Nc1ccc(Cl)c(C(F)(F)F)c1)Cc1noc(CN)n1. The molecule has 0 aliphatic rings. The fourth-order valence-electron chi connectivity index (χ4n) is 2.00. The number of benzene rings is 1. The normalized spacial score (nSPS) is 11.8. The fraction of sp³-hybridized carbons (Fsp3) is 0.357. The van der Waals surface area contributed by atoms with Crippen LogP contribution in [0.2, 0.25) is 5.02 Å². The summed E-state index contributed by atoms with van der Waals surface area (Å²) in [4.78, 5) is 17.5. The predicted molar refractivity (Wildman–Crippen MR) is 83.6 cm³/mol. The molecule has 0 saturated carbocycles. The predicted octanol–water partition coefficient (Wildman–Crippen LogP) is 2.27. The molecule has 0 radical (unpaired) electrons. The molecular formula is C14H15ClF3N5O2. The Bertz CT molecular complexity index is 750. The molecule has 25 heavy (non-hydrogen) atoms. The highest BCUT2D eigenvalue weighted by Crippen LogP contribution is 2.36. The second-order valence-corrected chi connectivity index (χ2v) is 5.63. The van der Waals surface area contributed by atoms with Gasteiger partial charge in [-0.25, -0.2) is 0 Å². The van der Waals surface area contributed by atoms with Gasteiger partial charge < -0.3 is 15.6 Å². The Morgan fingerprint density at radius 1 is 1.44 bits per heavy atom. The molecule has 0 saturated heterocycles. The highest BCUT2D eigenvalue weighted by atomic mass is 35.5. The summed E-state index contributed by atoms with van der Waals surface area (Å²) in [6.45, 7) is 0.233. The van der Waals surface area contributed by atoms with Crippen molar-refractivity contribution in [3.63, 3.8) is 0 Å². The van der Waals surface area contributed by atoms with E-state index in [1.807, 2.05) is 0 Å². The van der Waals surface area contributed by atoms with Crippen molar-refractivity contribution in [1.29, 1.82) is 0 Å². The molecule has 7 nitrogen and oxygen atoms in total. The van der Waals surface area contributed by atoms with Gasteiger partial charge in [-0.1, -0.05) is 16.8 Å². The number of hydrogen-bond donors (Lipinski definition) is 2. The van der Waals surface area contributed by atoms with Crippen molar-refractivity contribution in [2.24, 2.45) is 5.73 Å². The van der Waals surface area contributed by atoms with Crippen LogP contribution < -0.4 is 11.1 Å². The van der Waals surface area contributed by atoms with E-state index in [2.05, 4.69) is 15.5 Å². The quantitative estimate of drug-likeness (QED) is 0.801. The van der Waals surface area contributed by atoms with Gasteiger partial charge in [0.05, 0.1) is 30.2 Å². The Morgan fingerprint density at radius 3 is 2.76 bits per heavy atom. The number of carbonyl (C=O) groups is 1. The third kappa shape index (κ3) is 5.41. The Kier molecular flexibility index (Phi) is 5.98. The number of nitrogens with zero attached hydrogens (tertiary/aromatic N) is 3. The van der Waals surface area contributed by atoms with E-state index in [-0.39, 0.29) is 31.2 Å². The summed E-state index contributed by atoms with van der Waals surface area (Å²) < 4.78 is 43.3. The first-order valence-corrected chi connectivity index (χ1v) is 7.43. The summed E-state index contributed by atoms with van der Waals surface area (Å²) in [5.41, 5.74) is 4.34. The molecule has 0 spiro atoms. The summed E-state index contributed by atoms with van der Waals surface area (Å²) in [6, 6.07) is 3.16. The number of aromatic nitrogens is 2. The van der Waals surface area contributed by atoms with Crippen molar-refractivity contribution in [2.75, 3.05) is 18.9 Å². The Hall–Kier alpha value is -2.17. The Balaban J connectivity index is 1.95. The minimum Gasteiger partial charge on any atom is -0.338 e. The lowest BCUT2D eigenvalue weighted by molar-refractivity contribution is -0.137. The van der Waals surface area contributed by atoms with Crippen LogP contribution in [0, 0.1) is 0 Å². The summed E-state index contributed by atoms with van der Waals surface area (Å²) in [7, 11) is 1.63. The van der Waals surface area contributed by atoms with Crippen molar-refractivity contribution in [2.45, 2.75) is 19.3 Å². The van der Waals surface area contributed by atoms with Gasteiger partial charge in [-0.3, -0.25) is 9.69 Å². The second-order valence-electron chi connectivity index (χ2n) is 5.22. The standard InChI is InChI=1S/C14H15ClF3N5O2/c1-23(6-11-21-13(5-19)25-22-11)7-12(24)20-8-2-3-10(15)9(4-8)14(16,17)18/h2-4H,5-7,19H2,1H3,(H,20,24). The van der Waals surface area contributed by atoms with Crippen LogP contribution in [-0.4, -0.2) is 34.5 Å². The van der Waals surface area contributed by atoms with Crippen molar-refractivity contribution in [3.8, 4) is 0 Å². The number of nitrogens with one attached hydrogen (secondary N) is 1. The number of carbonyl (C=O) groups excluding carboxylic acids is 1. The molecule has 0 bridgehead atoms. The second kappa shape index (κ2) is 7.81. The molecule has 0 aliphatic carbocycles. The number of halogens is 4. The van der Waals surface area contributed by atoms with E-state index in [0.717, 1.165) is 12.1 Å². The van der Waals surface area contributed by atoms with E-state index in [1.165, 1.54) is 6.07 Å². The monoisotopic (exact) mass is 377 g/mol. The number of likely N-dealkylation sites (N-methyl/N-ethyl adjacent to an activating group) is 1. The zero-order valence-corrected chi connectivity index (χ0v) is 13.9. The minimum atomic E-state index is -4.60. The first kappa shape index (κ1) is 19.2. The highest BCUT2D eigenvalue weighted by Gasteiger charge is 2.33. The smallest absolute Gasteiger partial charge is 0.338 e. The van der Waals surface area contributed by atoms with Crippen LogP contribution in [0.1, 0.15) is 17.3 Å². The number of amides is 1. The van der Waals surface area contributed by atoms with Gasteiger partial charge in [0.15, 0.2) is 5.82 Å². The van der Waals surface area contributed by atoms with Gasteiger partial charge in [0.1, 0.15) is 0 Å². The summed E-state index contributed by atoms with van der Waals surface area (Å²) in [6.07, 6.45) is -4.60. The van der Waals surface area contributed by atoms with E-state index in [1.54, 1.807) is 11.9 Å². The number of nitrogens with two attached hydrogens (primary N) is 1. The van der Waals surface area contributed by atoms with Crippen molar-refractivity contribution < 1.29 is 22.5 Å². The van der Waals surface area contributed by atoms with Gasteiger partial charge in [-0.2, -0.15) is 18.2 Å². The number of rotatable bonds is 6. The summed E-state index contributed by atoms with van der Waals surface area (Å²) in [5, 5.41) is 5.64. The Morgan fingerprint density at radius 2 is 2.16 bits per heavy atom. The molecule has 136 valence electrons. The van der Waals surface area contributed by atoms with Crippen molar-refractivity contribution in [1.82, 2.24) is 15.0 Å². The lowest BCUT2D eigenvalue weighted by Crippen LogP contribution is -2.30. The molecule has 2 aromatic rings. The molecule has 1 amide bonds. The average molecular weight is 378 g/mol. The molecule has 3 N–H and O–H groups in total. The Labute approximate surface area is 145 Å². The van der Waals surface area contributed by atoms with Crippen molar-refractivity contribution in [3.05, 3.63) is 40.5 Å². The summed E-state index contributed by atoms with van der Waals surface area (Å²) >= 11 is 5.53. The van der Waals surface area contributed by atoms with E-state index in [4.69, 9.17) is 21.9 Å². The lowest BCUT2D eigenvalue weighted by Gasteiger charge is -2.15. The van der Waals surface area contributed by atoms with Gasteiger partial charge in [-0.05, 0) is 25.2 Å². The lowest BCUT2D eigenvalue weighted by atomic mass is 10.2. The van der Waals surface area contributed by atoms with E-state index in [9.17, 15) is 18.0 Å². The number of anilines is 1. The minimum absolute atomic E-state index is 0.0000964. The van der Waals surface area contributed by atoms with Gasteiger partial charge in [0.25, 0.3) is 0 Å². The molecule has 0 unspecified atom stereocenters. The van der Waals surface area contributed by atoms with E-state index in [0.29, 0.717) is 5.82 Å². The van der Waals surface area contributed by atoms with Gasteiger partial charge in [0.2, 0.25) is 11.8 Å². The zero-order valence-electron chi connectivity index (χ0n) is 13.1.